The number of rotatable bonds is 5. The van der Waals surface area contributed by atoms with Crippen molar-refractivity contribution in [3.05, 3.63) is 42.4 Å². The van der Waals surface area contributed by atoms with Crippen molar-refractivity contribution in [1.29, 1.82) is 0 Å². The van der Waals surface area contributed by atoms with Crippen LogP contribution in [0, 0.1) is 0 Å². The lowest BCUT2D eigenvalue weighted by molar-refractivity contribution is 0.0746. The summed E-state index contributed by atoms with van der Waals surface area (Å²) in [6.45, 7) is 5.18. The number of aromatic nitrogens is 2. The van der Waals surface area contributed by atoms with E-state index in [1.165, 1.54) is 0 Å². The summed E-state index contributed by atoms with van der Waals surface area (Å²) in [7, 11) is 1.59. The van der Waals surface area contributed by atoms with Gasteiger partial charge in [0.1, 0.15) is 5.82 Å². The van der Waals surface area contributed by atoms with E-state index >= 15 is 0 Å². The van der Waals surface area contributed by atoms with Crippen molar-refractivity contribution >= 4 is 11.7 Å². The third-order valence-electron chi connectivity index (χ3n) is 4.15. The van der Waals surface area contributed by atoms with Crippen LogP contribution in [0.15, 0.2) is 36.8 Å². The zero-order chi connectivity index (χ0) is 17.6. The van der Waals surface area contributed by atoms with Crippen LogP contribution in [0.3, 0.4) is 0 Å². The Morgan fingerprint density at radius 2 is 1.96 bits per heavy atom. The number of benzene rings is 1. The molecule has 0 unspecified atom stereocenters. The summed E-state index contributed by atoms with van der Waals surface area (Å²) < 4.78 is 10.8. The van der Waals surface area contributed by atoms with Crippen molar-refractivity contribution in [2.45, 2.75) is 6.92 Å². The van der Waals surface area contributed by atoms with Crippen LogP contribution in [-0.2, 0) is 0 Å². The van der Waals surface area contributed by atoms with E-state index in [1.807, 2.05) is 11.8 Å². The Bertz CT molecular complexity index is 716. The molecule has 1 fully saturated rings. The smallest absolute Gasteiger partial charge is 0.254 e. The zero-order valence-corrected chi connectivity index (χ0v) is 14.5. The summed E-state index contributed by atoms with van der Waals surface area (Å²) in [5, 5.41) is 0. The van der Waals surface area contributed by atoms with Gasteiger partial charge in [0.25, 0.3) is 5.91 Å². The van der Waals surface area contributed by atoms with Crippen LogP contribution in [-0.4, -0.2) is 60.7 Å². The van der Waals surface area contributed by atoms with Crippen molar-refractivity contribution in [3.8, 4) is 11.5 Å². The van der Waals surface area contributed by atoms with E-state index in [9.17, 15) is 4.79 Å². The first kappa shape index (κ1) is 17.0. The Labute approximate surface area is 147 Å². The van der Waals surface area contributed by atoms with Crippen molar-refractivity contribution < 1.29 is 14.3 Å². The normalized spacial score (nSPS) is 14.3. The monoisotopic (exact) mass is 342 g/mol. The lowest BCUT2D eigenvalue weighted by Crippen LogP contribution is -2.49. The molecule has 0 saturated carbocycles. The van der Waals surface area contributed by atoms with Crippen LogP contribution in [0.4, 0.5) is 5.82 Å². The van der Waals surface area contributed by atoms with Crippen LogP contribution in [0.1, 0.15) is 17.3 Å². The number of methoxy groups -OCH3 is 1. The predicted molar refractivity (Wildman–Crippen MR) is 94.3 cm³/mol. The van der Waals surface area contributed by atoms with E-state index in [0.717, 1.165) is 18.9 Å². The molecule has 1 aliphatic heterocycles. The van der Waals surface area contributed by atoms with Crippen molar-refractivity contribution in [1.82, 2.24) is 14.9 Å². The highest BCUT2D eigenvalue weighted by Crippen LogP contribution is 2.28. The Morgan fingerprint density at radius 1 is 1.16 bits per heavy atom. The molecule has 3 rings (SSSR count). The van der Waals surface area contributed by atoms with E-state index in [2.05, 4.69) is 14.9 Å². The van der Waals surface area contributed by atoms with Crippen LogP contribution in [0.5, 0.6) is 11.5 Å². The minimum atomic E-state index is 0.00222. The maximum absolute atomic E-state index is 12.8. The minimum absolute atomic E-state index is 0.00222. The number of piperazine rings is 1. The molecule has 7 heteroatoms. The fourth-order valence-electron chi connectivity index (χ4n) is 2.85. The van der Waals surface area contributed by atoms with Gasteiger partial charge in [-0.1, -0.05) is 0 Å². The molecule has 2 heterocycles. The molecule has 25 heavy (non-hydrogen) atoms. The molecule has 132 valence electrons. The number of carbonyl (C=O) groups excluding carboxylic acids is 1. The summed E-state index contributed by atoms with van der Waals surface area (Å²) in [5.74, 6) is 2.07. The molecule has 0 atom stereocenters. The molecule has 1 aromatic heterocycles. The highest BCUT2D eigenvalue weighted by molar-refractivity contribution is 5.95. The quantitative estimate of drug-likeness (QED) is 0.826. The summed E-state index contributed by atoms with van der Waals surface area (Å²) in [6, 6.07) is 5.30. The fraction of sp³-hybridized carbons (Fsp3) is 0.389. The van der Waals surface area contributed by atoms with Crippen LogP contribution >= 0.6 is 0 Å². The van der Waals surface area contributed by atoms with Crippen molar-refractivity contribution in [2.75, 3.05) is 44.8 Å². The van der Waals surface area contributed by atoms with Crippen molar-refractivity contribution in [3.63, 3.8) is 0 Å². The van der Waals surface area contributed by atoms with Gasteiger partial charge in [-0.05, 0) is 25.1 Å². The second kappa shape index (κ2) is 7.83. The van der Waals surface area contributed by atoms with E-state index in [0.29, 0.717) is 36.8 Å². The molecule has 7 nitrogen and oxygen atoms in total. The molecule has 0 bridgehead atoms. The predicted octanol–water partition coefficient (Wildman–Crippen LogP) is 1.85. The molecule has 1 aliphatic rings. The first-order valence-electron chi connectivity index (χ1n) is 8.34. The fourth-order valence-corrected chi connectivity index (χ4v) is 2.85. The van der Waals surface area contributed by atoms with Gasteiger partial charge in [0, 0.05) is 44.1 Å². The summed E-state index contributed by atoms with van der Waals surface area (Å²) >= 11 is 0. The van der Waals surface area contributed by atoms with Gasteiger partial charge in [0.2, 0.25) is 0 Å². The van der Waals surface area contributed by atoms with Crippen LogP contribution < -0.4 is 14.4 Å². The van der Waals surface area contributed by atoms with Gasteiger partial charge in [0.15, 0.2) is 11.5 Å². The first-order chi connectivity index (χ1) is 12.2. The Morgan fingerprint density at radius 3 is 2.60 bits per heavy atom. The highest BCUT2D eigenvalue weighted by atomic mass is 16.5. The average molecular weight is 342 g/mol. The zero-order valence-electron chi connectivity index (χ0n) is 14.5. The summed E-state index contributed by atoms with van der Waals surface area (Å²) in [6.07, 6.45) is 5.08. The number of anilines is 1. The molecular formula is C18H22N4O3. The van der Waals surface area contributed by atoms with Crippen molar-refractivity contribution in [2.24, 2.45) is 0 Å². The largest absolute Gasteiger partial charge is 0.493 e. The number of amides is 1. The molecule has 0 N–H and O–H groups in total. The van der Waals surface area contributed by atoms with Crippen LogP contribution in [0.2, 0.25) is 0 Å². The van der Waals surface area contributed by atoms with E-state index < -0.39 is 0 Å². The van der Waals surface area contributed by atoms with Gasteiger partial charge in [-0.15, -0.1) is 0 Å². The molecular weight excluding hydrogens is 320 g/mol. The van der Waals surface area contributed by atoms with Crippen LogP contribution in [0.25, 0.3) is 0 Å². The standard InChI is InChI=1S/C18H22N4O3/c1-3-25-16-12-14(4-5-15(16)24-2)18(23)22-10-8-21(9-11-22)17-13-19-6-7-20-17/h4-7,12-13H,3,8-11H2,1-2H3. The summed E-state index contributed by atoms with van der Waals surface area (Å²) in [5.41, 5.74) is 0.609. The maximum Gasteiger partial charge on any atom is 0.254 e. The second-order valence-electron chi connectivity index (χ2n) is 5.64. The summed E-state index contributed by atoms with van der Waals surface area (Å²) in [4.78, 5) is 25.2. The van der Waals surface area contributed by atoms with Gasteiger partial charge >= 0.3 is 0 Å². The van der Waals surface area contributed by atoms with Gasteiger partial charge in [-0.25, -0.2) is 4.98 Å². The number of hydrogen-bond donors (Lipinski definition) is 0. The first-order valence-corrected chi connectivity index (χ1v) is 8.34. The molecule has 0 radical (unpaired) electrons. The lowest BCUT2D eigenvalue weighted by Gasteiger charge is -2.35. The third kappa shape index (κ3) is 3.81. The Balaban J connectivity index is 1.67. The minimum Gasteiger partial charge on any atom is -0.493 e. The Kier molecular flexibility index (Phi) is 5.33. The number of ether oxygens (including phenoxy) is 2. The second-order valence-corrected chi connectivity index (χ2v) is 5.64. The average Bonchev–Trinajstić information content (AvgIpc) is 2.68. The molecule has 0 aliphatic carbocycles. The molecule has 2 aromatic rings. The molecule has 1 saturated heterocycles. The van der Waals surface area contributed by atoms with Gasteiger partial charge in [-0.2, -0.15) is 0 Å². The molecule has 0 spiro atoms. The van der Waals surface area contributed by atoms with Gasteiger partial charge in [0.05, 0.1) is 19.9 Å². The SMILES string of the molecule is CCOc1cc(C(=O)N2CCN(c3cnccn3)CC2)ccc1OC. The highest BCUT2D eigenvalue weighted by Gasteiger charge is 2.23. The van der Waals surface area contributed by atoms with E-state index in [1.54, 1.807) is 43.9 Å². The van der Waals surface area contributed by atoms with E-state index in [-0.39, 0.29) is 5.91 Å². The number of hydrogen-bond acceptors (Lipinski definition) is 6. The molecule has 1 aromatic carbocycles. The number of nitrogens with zero attached hydrogens (tertiary/aromatic N) is 4. The topological polar surface area (TPSA) is 67.8 Å². The maximum atomic E-state index is 12.8. The lowest BCUT2D eigenvalue weighted by atomic mass is 10.1. The Hall–Kier alpha value is -2.83. The van der Waals surface area contributed by atoms with Gasteiger partial charge < -0.3 is 19.3 Å². The number of carbonyl (C=O) groups is 1. The van der Waals surface area contributed by atoms with E-state index in [4.69, 9.17) is 9.47 Å². The third-order valence-corrected chi connectivity index (χ3v) is 4.15. The molecule has 1 amide bonds. The van der Waals surface area contributed by atoms with Gasteiger partial charge in [-0.3, -0.25) is 9.78 Å².